The number of aromatic nitrogens is 1. The quantitative estimate of drug-likeness (QED) is 0.784. The minimum Gasteiger partial charge on any atom is -0.399 e. The van der Waals surface area contributed by atoms with Crippen LogP contribution in [0.4, 0.5) is 5.69 Å². The number of Topliss-reactive ketones (excluding diaryl/α,β-unsaturated/α-hetero) is 2. The molecule has 31 heavy (non-hydrogen) atoms. The third kappa shape index (κ3) is 8.31. The Morgan fingerprint density at radius 2 is 1.23 bits per heavy atom. The first kappa shape index (κ1) is 25.4. The van der Waals surface area contributed by atoms with Gasteiger partial charge in [0.1, 0.15) is 0 Å². The van der Waals surface area contributed by atoms with Gasteiger partial charge in [-0.1, -0.05) is 41.5 Å². The summed E-state index contributed by atoms with van der Waals surface area (Å²) in [6, 6.07) is 3.77. The normalized spacial score (nSPS) is 18.3. The van der Waals surface area contributed by atoms with Crippen LogP contribution in [0.2, 0.25) is 0 Å². The first-order valence-electron chi connectivity index (χ1n) is 11.2. The van der Waals surface area contributed by atoms with Gasteiger partial charge in [-0.05, 0) is 19.2 Å². The molecular weight excluding hydrogens is 390 g/mol. The van der Waals surface area contributed by atoms with Crippen LogP contribution in [0.1, 0.15) is 52.9 Å². The van der Waals surface area contributed by atoms with Crippen molar-refractivity contribution in [2.75, 3.05) is 52.0 Å². The molecule has 0 unspecified atom stereocenters. The second kappa shape index (κ2) is 10.2. The van der Waals surface area contributed by atoms with Gasteiger partial charge in [-0.2, -0.15) is 0 Å². The molecule has 1 aliphatic heterocycles. The number of nitrogen functional groups attached to an aromatic ring is 1. The molecular formula is C24H41N5O2. The number of hydrogen-bond acceptors (Lipinski definition) is 7. The predicted octanol–water partition coefficient (Wildman–Crippen LogP) is 2.44. The molecule has 2 heterocycles. The van der Waals surface area contributed by atoms with E-state index in [2.05, 4.69) is 21.7 Å². The number of nitrogens with two attached hydrogens (primary N) is 1. The van der Waals surface area contributed by atoms with Crippen LogP contribution in [0, 0.1) is 10.8 Å². The second-order valence-corrected chi connectivity index (χ2v) is 11.0. The Hall–Kier alpha value is -1.83. The van der Waals surface area contributed by atoms with Gasteiger partial charge >= 0.3 is 0 Å². The Kier molecular flexibility index (Phi) is 8.36. The molecule has 0 radical (unpaired) electrons. The van der Waals surface area contributed by atoms with Gasteiger partial charge in [0.05, 0.1) is 24.5 Å². The van der Waals surface area contributed by atoms with Crippen LogP contribution < -0.4 is 5.73 Å². The highest BCUT2D eigenvalue weighted by Crippen LogP contribution is 2.19. The lowest BCUT2D eigenvalue weighted by molar-refractivity contribution is -0.128. The van der Waals surface area contributed by atoms with Crippen LogP contribution in [0.15, 0.2) is 12.1 Å². The molecule has 0 aromatic carbocycles. The van der Waals surface area contributed by atoms with Gasteiger partial charge in [-0.25, -0.2) is 0 Å². The molecule has 0 fully saturated rings. The Morgan fingerprint density at radius 1 is 0.839 bits per heavy atom. The number of carbonyl (C=O) groups is 2. The first-order valence-corrected chi connectivity index (χ1v) is 11.2. The lowest BCUT2D eigenvalue weighted by Crippen LogP contribution is -2.43. The highest BCUT2D eigenvalue weighted by atomic mass is 16.1. The summed E-state index contributed by atoms with van der Waals surface area (Å²) in [5, 5.41) is 0. The minimum absolute atomic E-state index is 0.221. The van der Waals surface area contributed by atoms with E-state index in [0.29, 0.717) is 31.9 Å². The van der Waals surface area contributed by atoms with Crippen molar-refractivity contribution in [3.05, 3.63) is 23.5 Å². The first-order chi connectivity index (χ1) is 14.2. The standard InChI is InChI=1S/C24H41N5O2/c1-23(2,3)21(30)16-28-10-8-27(7)9-11-29(17-22(31)24(4,5)6)15-20-13-18(25)12-19(14-28)26-20/h12-13H,8-11,14-17H2,1-7H3,(H2,25,26). The topological polar surface area (TPSA) is 82.8 Å². The zero-order chi connectivity index (χ0) is 23.4. The number of anilines is 1. The Morgan fingerprint density at radius 3 is 1.58 bits per heavy atom. The van der Waals surface area contributed by atoms with Crippen molar-refractivity contribution < 1.29 is 9.59 Å². The van der Waals surface area contributed by atoms with E-state index < -0.39 is 0 Å². The largest absolute Gasteiger partial charge is 0.399 e. The Bertz CT molecular complexity index is 719. The zero-order valence-corrected chi connectivity index (χ0v) is 20.5. The van der Waals surface area contributed by atoms with Crippen LogP contribution in [-0.4, -0.2) is 77.6 Å². The monoisotopic (exact) mass is 431 g/mol. The molecule has 0 saturated carbocycles. The van der Waals surface area contributed by atoms with E-state index >= 15 is 0 Å². The van der Waals surface area contributed by atoms with Gasteiger partial charge in [-0.15, -0.1) is 0 Å². The minimum atomic E-state index is -0.371. The molecule has 7 heteroatoms. The fourth-order valence-electron chi connectivity index (χ4n) is 3.34. The van der Waals surface area contributed by atoms with Crippen LogP contribution in [0.5, 0.6) is 0 Å². The van der Waals surface area contributed by atoms with Crippen molar-refractivity contribution in [1.29, 1.82) is 0 Å². The molecule has 0 atom stereocenters. The molecule has 174 valence electrons. The summed E-state index contributed by atoms with van der Waals surface area (Å²) in [6.45, 7) is 16.9. The van der Waals surface area contributed by atoms with Gasteiger partial charge in [0.2, 0.25) is 0 Å². The molecule has 7 nitrogen and oxygen atoms in total. The van der Waals surface area contributed by atoms with E-state index in [-0.39, 0.29) is 22.4 Å². The SMILES string of the molecule is CN1CCN(CC(=O)C(C)(C)C)Cc2cc(N)cc(n2)CN(CC(=O)C(C)(C)C)CC1. The molecule has 1 aliphatic rings. The van der Waals surface area contributed by atoms with Crippen molar-refractivity contribution in [3.63, 3.8) is 0 Å². The van der Waals surface area contributed by atoms with E-state index in [9.17, 15) is 9.59 Å². The third-order valence-electron chi connectivity index (χ3n) is 5.73. The van der Waals surface area contributed by atoms with Crippen molar-refractivity contribution in [2.24, 2.45) is 10.8 Å². The van der Waals surface area contributed by atoms with Gasteiger partial charge in [-0.3, -0.25) is 24.4 Å². The highest BCUT2D eigenvalue weighted by Gasteiger charge is 2.26. The van der Waals surface area contributed by atoms with Crippen molar-refractivity contribution in [2.45, 2.75) is 54.6 Å². The van der Waals surface area contributed by atoms with Gasteiger partial charge in [0, 0.05) is 55.8 Å². The van der Waals surface area contributed by atoms with Crippen molar-refractivity contribution >= 4 is 17.3 Å². The van der Waals surface area contributed by atoms with Crippen LogP contribution in [-0.2, 0) is 22.7 Å². The molecule has 0 spiro atoms. The number of fused-ring (bicyclic) bond motifs is 2. The molecule has 0 saturated heterocycles. The van der Waals surface area contributed by atoms with Crippen molar-refractivity contribution in [1.82, 2.24) is 19.7 Å². The summed E-state index contributed by atoms with van der Waals surface area (Å²) in [5.41, 5.74) is 7.83. The van der Waals surface area contributed by atoms with E-state index in [4.69, 9.17) is 10.7 Å². The number of likely N-dealkylation sites (N-methyl/N-ethyl adjacent to an activating group) is 1. The fourth-order valence-corrected chi connectivity index (χ4v) is 3.34. The maximum absolute atomic E-state index is 12.7. The lowest BCUT2D eigenvalue weighted by Gasteiger charge is -2.31. The molecule has 0 aliphatic carbocycles. The number of rotatable bonds is 4. The molecule has 1 aromatic heterocycles. The number of pyridine rings is 1. The summed E-state index contributed by atoms with van der Waals surface area (Å²) < 4.78 is 0. The average molecular weight is 432 g/mol. The highest BCUT2D eigenvalue weighted by molar-refractivity contribution is 5.85. The summed E-state index contributed by atoms with van der Waals surface area (Å²) in [4.78, 5) is 36.8. The molecule has 0 amide bonds. The van der Waals surface area contributed by atoms with Crippen LogP contribution in [0.3, 0.4) is 0 Å². The van der Waals surface area contributed by atoms with Gasteiger partial charge in [0.25, 0.3) is 0 Å². The fraction of sp³-hybridized carbons (Fsp3) is 0.708. The molecule has 1 aromatic rings. The zero-order valence-electron chi connectivity index (χ0n) is 20.5. The van der Waals surface area contributed by atoms with E-state index in [1.807, 2.05) is 53.7 Å². The van der Waals surface area contributed by atoms with Crippen molar-refractivity contribution in [3.8, 4) is 0 Å². The molecule has 2 N–H and O–H groups in total. The summed E-state index contributed by atoms with van der Waals surface area (Å²) in [5.74, 6) is 0.441. The number of nitrogens with zero attached hydrogens (tertiary/aromatic N) is 4. The number of hydrogen-bond donors (Lipinski definition) is 1. The average Bonchev–Trinajstić information content (AvgIpc) is 2.61. The summed E-state index contributed by atoms with van der Waals surface area (Å²) in [7, 11) is 2.09. The van der Waals surface area contributed by atoms with Gasteiger partial charge in [0.15, 0.2) is 11.6 Å². The second-order valence-electron chi connectivity index (χ2n) is 11.0. The maximum atomic E-state index is 12.7. The lowest BCUT2D eigenvalue weighted by atomic mass is 9.90. The van der Waals surface area contributed by atoms with Crippen LogP contribution >= 0.6 is 0 Å². The Labute approximate surface area is 188 Å². The predicted molar refractivity (Wildman–Crippen MR) is 126 cm³/mol. The summed E-state index contributed by atoms with van der Waals surface area (Å²) >= 11 is 0. The van der Waals surface area contributed by atoms with Crippen LogP contribution in [0.25, 0.3) is 0 Å². The maximum Gasteiger partial charge on any atom is 0.152 e. The summed E-state index contributed by atoms with van der Waals surface area (Å²) in [6.07, 6.45) is 0. The smallest absolute Gasteiger partial charge is 0.152 e. The number of ketones is 2. The molecule has 2 bridgehead atoms. The van der Waals surface area contributed by atoms with E-state index in [1.165, 1.54) is 0 Å². The van der Waals surface area contributed by atoms with Gasteiger partial charge < -0.3 is 10.6 Å². The van der Waals surface area contributed by atoms with E-state index in [0.717, 1.165) is 37.6 Å². The number of carbonyl (C=O) groups excluding carboxylic acids is 2. The third-order valence-corrected chi connectivity index (χ3v) is 5.73. The Balaban J connectivity index is 2.27. The molecule has 2 rings (SSSR count). The van der Waals surface area contributed by atoms with E-state index in [1.54, 1.807) is 0 Å².